The van der Waals surface area contributed by atoms with Crippen LogP contribution in [0.4, 0.5) is 5.82 Å². The summed E-state index contributed by atoms with van der Waals surface area (Å²) in [5.74, 6) is -0.570. The van der Waals surface area contributed by atoms with Crippen LogP contribution in [0.2, 0.25) is 0 Å². The van der Waals surface area contributed by atoms with Crippen LogP contribution in [0, 0.1) is 10.1 Å². The van der Waals surface area contributed by atoms with Gasteiger partial charge in [-0.05, 0) is 11.0 Å². The smallest absolute Gasteiger partial charge is 0.358 e. The molecule has 0 fully saturated rings. The molecule has 2 rings (SSSR count). The fraction of sp³-hybridized carbons (Fsp3) is 0.222. The molecule has 0 aliphatic heterocycles. The largest absolute Gasteiger partial charge is 0.389 e. The van der Waals surface area contributed by atoms with E-state index in [4.69, 9.17) is 0 Å². The van der Waals surface area contributed by atoms with Gasteiger partial charge in [0.15, 0.2) is 0 Å². The molecule has 0 aliphatic carbocycles. The minimum absolute atomic E-state index is 0.0675. The SMILES string of the molecule is O=C(Cn1ccc([N+](=O)[O-])n1)NCc1ccn[nH]1. The quantitative estimate of drug-likeness (QED) is 0.564. The lowest BCUT2D eigenvalue weighted by Crippen LogP contribution is -2.27. The second kappa shape index (κ2) is 5.08. The topological polar surface area (TPSA) is 119 Å². The Morgan fingerprint density at radius 1 is 1.56 bits per heavy atom. The molecule has 0 aliphatic rings. The van der Waals surface area contributed by atoms with Crippen LogP contribution in [0.1, 0.15) is 5.69 Å². The number of rotatable bonds is 5. The van der Waals surface area contributed by atoms with Crippen LogP contribution in [0.3, 0.4) is 0 Å². The predicted octanol–water partition coefficient (Wildman–Crippen LogP) is -0.169. The molecule has 0 aromatic carbocycles. The van der Waals surface area contributed by atoms with Gasteiger partial charge in [0.1, 0.15) is 6.54 Å². The van der Waals surface area contributed by atoms with Gasteiger partial charge in [0.25, 0.3) is 0 Å². The van der Waals surface area contributed by atoms with Crippen LogP contribution in [0.25, 0.3) is 0 Å². The molecule has 0 radical (unpaired) electrons. The van der Waals surface area contributed by atoms with E-state index in [1.807, 2.05) is 0 Å². The molecule has 0 bridgehead atoms. The summed E-state index contributed by atoms with van der Waals surface area (Å²) in [5, 5.41) is 23.1. The van der Waals surface area contributed by atoms with Gasteiger partial charge in [-0.2, -0.15) is 9.78 Å². The van der Waals surface area contributed by atoms with Crippen molar-refractivity contribution in [2.24, 2.45) is 0 Å². The number of aromatic amines is 1. The number of amides is 1. The first-order chi connectivity index (χ1) is 8.65. The minimum Gasteiger partial charge on any atom is -0.358 e. The molecule has 0 spiro atoms. The summed E-state index contributed by atoms with van der Waals surface area (Å²) in [4.78, 5) is 21.3. The second-order valence-electron chi connectivity index (χ2n) is 3.49. The number of hydrogen-bond donors (Lipinski definition) is 2. The average Bonchev–Trinajstić information content (AvgIpc) is 2.96. The fourth-order valence-electron chi connectivity index (χ4n) is 1.32. The maximum Gasteiger partial charge on any atom is 0.389 e. The molecule has 9 heteroatoms. The number of nitro groups is 1. The van der Waals surface area contributed by atoms with E-state index >= 15 is 0 Å². The van der Waals surface area contributed by atoms with Crippen molar-refractivity contribution in [1.29, 1.82) is 0 Å². The highest BCUT2D eigenvalue weighted by atomic mass is 16.6. The van der Waals surface area contributed by atoms with E-state index < -0.39 is 4.92 Å². The Hall–Kier alpha value is -2.71. The van der Waals surface area contributed by atoms with E-state index in [9.17, 15) is 14.9 Å². The Labute approximate surface area is 101 Å². The molecule has 2 aromatic heterocycles. The van der Waals surface area contributed by atoms with Crippen LogP contribution < -0.4 is 5.32 Å². The predicted molar refractivity (Wildman–Crippen MR) is 59.3 cm³/mol. The number of aromatic nitrogens is 4. The van der Waals surface area contributed by atoms with Crippen LogP contribution in [0.5, 0.6) is 0 Å². The van der Waals surface area contributed by atoms with E-state index in [1.165, 1.54) is 16.9 Å². The molecular formula is C9H10N6O3. The van der Waals surface area contributed by atoms with Gasteiger partial charge in [-0.3, -0.25) is 9.89 Å². The highest BCUT2D eigenvalue weighted by Gasteiger charge is 2.13. The van der Waals surface area contributed by atoms with E-state index in [2.05, 4.69) is 20.6 Å². The summed E-state index contributed by atoms with van der Waals surface area (Å²) in [5.41, 5.74) is 0.773. The van der Waals surface area contributed by atoms with Crippen molar-refractivity contribution in [1.82, 2.24) is 25.3 Å². The van der Waals surface area contributed by atoms with Gasteiger partial charge < -0.3 is 15.4 Å². The number of carbonyl (C=O) groups is 1. The van der Waals surface area contributed by atoms with Gasteiger partial charge in [-0.15, -0.1) is 0 Å². The highest BCUT2D eigenvalue weighted by molar-refractivity contribution is 5.75. The van der Waals surface area contributed by atoms with Crippen molar-refractivity contribution >= 4 is 11.7 Å². The zero-order valence-corrected chi connectivity index (χ0v) is 9.24. The first kappa shape index (κ1) is 11.8. The number of nitrogens with one attached hydrogen (secondary N) is 2. The standard InChI is InChI=1S/C9H10N6O3/c16-9(10-5-7-1-3-11-12-7)6-14-4-2-8(13-14)15(17)18/h1-4H,5-6H2,(H,10,16)(H,11,12). The summed E-state index contributed by atoms with van der Waals surface area (Å²) < 4.78 is 1.21. The van der Waals surface area contributed by atoms with Crippen LogP contribution in [0.15, 0.2) is 24.5 Å². The molecule has 2 heterocycles. The van der Waals surface area contributed by atoms with Crippen molar-refractivity contribution in [3.8, 4) is 0 Å². The number of nitrogens with zero attached hydrogens (tertiary/aromatic N) is 4. The van der Waals surface area contributed by atoms with Crippen LogP contribution in [-0.2, 0) is 17.9 Å². The van der Waals surface area contributed by atoms with E-state index in [1.54, 1.807) is 12.3 Å². The second-order valence-corrected chi connectivity index (χ2v) is 3.49. The van der Waals surface area contributed by atoms with E-state index in [-0.39, 0.29) is 18.3 Å². The first-order valence-corrected chi connectivity index (χ1v) is 5.08. The molecule has 0 atom stereocenters. The van der Waals surface area contributed by atoms with Crippen molar-refractivity contribution < 1.29 is 9.72 Å². The minimum atomic E-state index is -0.612. The molecule has 94 valence electrons. The molecule has 9 nitrogen and oxygen atoms in total. The van der Waals surface area contributed by atoms with Gasteiger partial charge in [0.2, 0.25) is 5.91 Å². The average molecular weight is 250 g/mol. The Morgan fingerprint density at radius 2 is 2.39 bits per heavy atom. The first-order valence-electron chi connectivity index (χ1n) is 5.08. The normalized spacial score (nSPS) is 10.2. The van der Waals surface area contributed by atoms with E-state index in [0.717, 1.165) is 5.69 Å². The lowest BCUT2D eigenvalue weighted by Gasteiger charge is -2.01. The fourth-order valence-corrected chi connectivity index (χ4v) is 1.32. The van der Waals surface area contributed by atoms with Gasteiger partial charge in [0, 0.05) is 6.20 Å². The third-order valence-electron chi connectivity index (χ3n) is 2.15. The van der Waals surface area contributed by atoms with E-state index in [0.29, 0.717) is 6.54 Å². The third-order valence-corrected chi connectivity index (χ3v) is 2.15. The van der Waals surface area contributed by atoms with Crippen molar-refractivity contribution in [2.45, 2.75) is 13.1 Å². The van der Waals surface area contributed by atoms with Crippen molar-refractivity contribution in [3.63, 3.8) is 0 Å². The highest BCUT2D eigenvalue weighted by Crippen LogP contribution is 2.04. The zero-order valence-electron chi connectivity index (χ0n) is 9.24. The molecule has 0 unspecified atom stereocenters. The Bertz CT molecular complexity index is 546. The Balaban J connectivity index is 1.85. The Kier molecular flexibility index (Phi) is 3.32. The van der Waals surface area contributed by atoms with Crippen molar-refractivity contribution in [3.05, 3.63) is 40.3 Å². The van der Waals surface area contributed by atoms with Crippen LogP contribution in [-0.4, -0.2) is 30.8 Å². The summed E-state index contributed by atoms with van der Waals surface area (Å²) in [6, 6.07) is 2.97. The van der Waals surface area contributed by atoms with Gasteiger partial charge in [-0.1, -0.05) is 0 Å². The lowest BCUT2D eigenvalue weighted by atomic mass is 10.4. The van der Waals surface area contributed by atoms with Crippen LogP contribution >= 0.6 is 0 Å². The Morgan fingerprint density at radius 3 is 3.00 bits per heavy atom. The third kappa shape index (κ3) is 2.90. The number of H-pyrrole nitrogens is 1. The van der Waals surface area contributed by atoms with Gasteiger partial charge >= 0.3 is 5.82 Å². The molecule has 0 saturated carbocycles. The maximum atomic E-state index is 11.5. The zero-order chi connectivity index (χ0) is 13.0. The molecule has 2 N–H and O–H groups in total. The summed E-state index contributed by atoms with van der Waals surface area (Å²) in [7, 11) is 0. The summed E-state index contributed by atoms with van der Waals surface area (Å²) in [6.07, 6.45) is 2.96. The molecule has 1 amide bonds. The summed E-state index contributed by atoms with van der Waals surface area (Å²) in [6.45, 7) is 0.254. The van der Waals surface area contributed by atoms with Gasteiger partial charge in [0.05, 0.1) is 29.6 Å². The lowest BCUT2D eigenvalue weighted by molar-refractivity contribution is -0.389. The number of hydrogen-bond acceptors (Lipinski definition) is 5. The molecule has 2 aromatic rings. The van der Waals surface area contributed by atoms with Gasteiger partial charge in [-0.25, -0.2) is 0 Å². The molecular weight excluding hydrogens is 240 g/mol. The summed E-state index contributed by atoms with van der Waals surface area (Å²) >= 11 is 0. The van der Waals surface area contributed by atoms with Crippen molar-refractivity contribution in [2.75, 3.05) is 0 Å². The monoisotopic (exact) mass is 250 g/mol. The number of carbonyl (C=O) groups excluding carboxylic acids is 1. The maximum absolute atomic E-state index is 11.5. The molecule has 0 saturated heterocycles. The molecule has 18 heavy (non-hydrogen) atoms.